The largest absolute Gasteiger partial charge is 0.340 e. The van der Waals surface area contributed by atoms with Gasteiger partial charge >= 0.3 is 0 Å². The molecule has 0 N–H and O–H groups in total. The van der Waals surface area contributed by atoms with E-state index in [-0.39, 0.29) is 0 Å². The van der Waals surface area contributed by atoms with Crippen LogP contribution in [-0.4, -0.2) is 53.3 Å². The topological polar surface area (TPSA) is 26.8 Å². The van der Waals surface area contributed by atoms with E-state index in [9.17, 15) is 4.79 Å². The zero-order chi connectivity index (χ0) is 25.4. The molecule has 3 aliphatic heterocycles. The molecule has 2 aromatic rings. The van der Waals surface area contributed by atoms with Crippen molar-refractivity contribution < 1.29 is 4.79 Å². The van der Waals surface area contributed by atoms with Crippen molar-refractivity contribution in [2.75, 3.05) is 32.7 Å². The van der Waals surface area contributed by atoms with E-state index in [1.807, 2.05) is 12.1 Å². The number of benzene rings is 2. The number of nitrogens with zero attached hydrogens (tertiary/aromatic N) is 3. The summed E-state index contributed by atoms with van der Waals surface area (Å²) in [5, 5.41) is 0.759. The SMILES string of the molecule is CC1CC=C2C=CC(c3ccccc3)=CN2C(CN2CCN(C(=O)C3CC3)CC2)=C1c1ccc(Cl)cc1. The fraction of sp³-hybridized carbons (Fsp3) is 0.344. The minimum Gasteiger partial charge on any atom is -0.340 e. The molecule has 6 rings (SSSR count). The van der Waals surface area contributed by atoms with Crippen molar-refractivity contribution in [1.29, 1.82) is 0 Å². The first-order chi connectivity index (χ1) is 18.1. The van der Waals surface area contributed by atoms with Crippen LogP contribution in [0, 0.1) is 11.8 Å². The van der Waals surface area contributed by atoms with Gasteiger partial charge in [0.25, 0.3) is 0 Å². The molecule has 2 aromatic carbocycles. The summed E-state index contributed by atoms with van der Waals surface area (Å²) in [6, 6.07) is 18.9. The Labute approximate surface area is 225 Å². The molecule has 1 saturated carbocycles. The van der Waals surface area contributed by atoms with Crippen molar-refractivity contribution in [2.24, 2.45) is 11.8 Å². The van der Waals surface area contributed by atoms with Gasteiger partial charge in [0.2, 0.25) is 5.91 Å². The van der Waals surface area contributed by atoms with Crippen molar-refractivity contribution in [3.63, 3.8) is 0 Å². The molecule has 1 atom stereocenters. The van der Waals surface area contributed by atoms with Crippen molar-refractivity contribution in [3.05, 3.63) is 107 Å². The Morgan fingerprint density at radius 2 is 1.65 bits per heavy atom. The van der Waals surface area contributed by atoms with Crippen molar-refractivity contribution in [3.8, 4) is 0 Å². The number of piperazine rings is 1. The number of allylic oxidation sites excluding steroid dienone is 5. The lowest BCUT2D eigenvalue weighted by Gasteiger charge is -2.38. The van der Waals surface area contributed by atoms with E-state index in [1.165, 1.54) is 33.7 Å². The average Bonchev–Trinajstić information content (AvgIpc) is 3.79. The summed E-state index contributed by atoms with van der Waals surface area (Å²) >= 11 is 6.28. The number of rotatable bonds is 5. The molecule has 37 heavy (non-hydrogen) atoms. The Balaban J connectivity index is 1.36. The number of hydrogen-bond acceptors (Lipinski definition) is 3. The molecule has 4 aliphatic rings. The van der Waals surface area contributed by atoms with Gasteiger partial charge in [-0.1, -0.05) is 73.1 Å². The second-order valence-electron chi connectivity index (χ2n) is 10.7. The van der Waals surface area contributed by atoms with Crippen LogP contribution < -0.4 is 0 Å². The normalized spacial score (nSPS) is 22.4. The summed E-state index contributed by atoms with van der Waals surface area (Å²) in [4.78, 5) is 19.6. The fourth-order valence-electron chi connectivity index (χ4n) is 5.71. The lowest BCUT2D eigenvalue weighted by molar-refractivity contribution is -0.134. The predicted molar refractivity (Wildman–Crippen MR) is 151 cm³/mol. The molecule has 1 saturated heterocycles. The summed E-state index contributed by atoms with van der Waals surface area (Å²) in [5.74, 6) is 1.03. The second-order valence-corrected chi connectivity index (χ2v) is 11.1. The quantitative estimate of drug-likeness (QED) is 0.462. The van der Waals surface area contributed by atoms with Gasteiger partial charge in [-0.15, -0.1) is 0 Å². The van der Waals surface area contributed by atoms with E-state index < -0.39 is 0 Å². The highest BCUT2D eigenvalue weighted by Crippen LogP contribution is 2.39. The minimum atomic E-state index is 0.294. The monoisotopic (exact) mass is 511 g/mol. The summed E-state index contributed by atoms with van der Waals surface area (Å²) < 4.78 is 0. The minimum absolute atomic E-state index is 0.294. The molecule has 0 aromatic heterocycles. The third-order valence-corrected chi connectivity index (χ3v) is 8.25. The molecule has 5 heteroatoms. The van der Waals surface area contributed by atoms with Crippen molar-refractivity contribution in [2.45, 2.75) is 26.2 Å². The Kier molecular flexibility index (Phi) is 6.79. The summed E-state index contributed by atoms with van der Waals surface area (Å²) in [5.41, 5.74) is 7.58. The molecule has 190 valence electrons. The first kappa shape index (κ1) is 24.3. The molecular formula is C32H34ClN3O. The maximum absolute atomic E-state index is 12.6. The van der Waals surface area contributed by atoms with Gasteiger partial charge in [0.05, 0.1) is 0 Å². The smallest absolute Gasteiger partial charge is 0.225 e. The molecule has 0 spiro atoms. The molecule has 2 fully saturated rings. The molecule has 0 bridgehead atoms. The third kappa shape index (κ3) is 5.18. The molecule has 3 heterocycles. The summed E-state index contributed by atoms with van der Waals surface area (Å²) in [6.07, 6.45) is 12.3. The zero-order valence-electron chi connectivity index (χ0n) is 21.4. The predicted octanol–water partition coefficient (Wildman–Crippen LogP) is 6.44. The van der Waals surface area contributed by atoms with Crippen LogP contribution in [0.4, 0.5) is 0 Å². The number of carbonyl (C=O) groups is 1. The van der Waals surface area contributed by atoms with Crippen LogP contribution in [0.15, 0.2) is 90.4 Å². The van der Waals surface area contributed by atoms with Gasteiger partial charge in [-0.2, -0.15) is 0 Å². The lowest BCUT2D eigenvalue weighted by atomic mass is 9.89. The van der Waals surface area contributed by atoms with Crippen LogP contribution >= 0.6 is 11.6 Å². The highest BCUT2D eigenvalue weighted by Gasteiger charge is 2.35. The van der Waals surface area contributed by atoms with Gasteiger partial charge in [0.1, 0.15) is 0 Å². The number of carbonyl (C=O) groups excluding carboxylic acids is 1. The van der Waals surface area contributed by atoms with Crippen LogP contribution in [0.1, 0.15) is 37.3 Å². The molecular weight excluding hydrogens is 478 g/mol. The van der Waals surface area contributed by atoms with Crippen LogP contribution in [0.5, 0.6) is 0 Å². The molecule has 4 nitrogen and oxygen atoms in total. The van der Waals surface area contributed by atoms with Gasteiger partial charge in [0, 0.05) is 61.3 Å². The van der Waals surface area contributed by atoms with E-state index in [2.05, 4.69) is 88.5 Å². The Morgan fingerprint density at radius 3 is 2.35 bits per heavy atom. The lowest BCUT2D eigenvalue weighted by Crippen LogP contribution is -2.50. The van der Waals surface area contributed by atoms with Gasteiger partial charge in [-0.05, 0) is 65.7 Å². The zero-order valence-corrected chi connectivity index (χ0v) is 22.2. The molecule has 1 amide bonds. The number of halogens is 1. The Hall–Kier alpha value is -3.08. The average molecular weight is 512 g/mol. The van der Waals surface area contributed by atoms with Crippen LogP contribution in [0.3, 0.4) is 0 Å². The standard InChI is InChI=1S/C32H34ClN3O/c1-23-7-15-29-16-12-27(24-5-3-2-4-6-24)21-36(29)30(31(23)25-10-13-28(33)14-11-25)22-34-17-19-35(20-18-34)32(37)26-8-9-26/h2-6,10-16,21,23,26H,7-9,17-20,22H2,1H3. The van der Waals surface area contributed by atoms with Crippen molar-refractivity contribution in [1.82, 2.24) is 14.7 Å². The van der Waals surface area contributed by atoms with E-state index in [0.717, 1.165) is 57.0 Å². The third-order valence-electron chi connectivity index (χ3n) is 8.00. The molecule has 1 unspecified atom stereocenters. The van der Waals surface area contributed by atoms with Gasteiger partial charge < -0.3 is 9.80 Å². The number of fused-ring (bicyclic) bond motifs is 1. The Morgan fingerprint density at radius 1 is 0.919 bits per heavy atom. The summed E-state index contributed by atoms with van der Waals surface area (Å²) in [6.45, 7) is 6.63. The van der Waals surface area contributed by atoms with Gasteiger partial charge in [-0.25, -0.2) is 0 Å². The van der Waals surface area contributed by atoms with E-state index in [0.29, 0.717) is 17.7 Å². The Bertz CT molecular complexity index is 1280. The maximum atomic E-state index is 12.6. The van der Waals surface area contributed by atoms with Crippen LogP contribution in [0.25, 0.3) is 11.1 Å². The highest BCUT2D eigenvalue weighted by molar-refractivity contribution is 6.30. The van der Waals surface area contributed by atoms with Crippen LogP contribution in [0.2, 0.25) is 5.02 Å². The molecule has 0 radical (unpaired) electrons. The van der Waals surface area contributed by atoms with Gasteiger partial charge in [-0.3, -0.25) is 9.69 Å². The first-order valence-electron chi connectivity index (χ1n) is 13.5. The fourth-order valence-corrected chi connectivity index (χ4v) is 5.84. The van der Waals surface area contributed by atoms with E-state index >= 15 is 0 Å². The number of hydrogen-bond donors (Lipinski definition) is 0. The van der Waals surface area contributed by atoms with E-state index in [4.69, 9.17) is 11.6 Å². The van der Waals surface area contributed by atoms with Gasteiger partial charge in [0.15, 0.2) is 0 Å². The number of amides is 1. The summed E-state index contributed by atoms with van der Waals surface area (Å²) in [7, 11) is 0. The van der Waals surface area contributed by atoms with Crippen LogP contribution in [-0.2, 0) is 4.79 Å². The first-order valence-corrected chi connectivity index (χ1v) is 13.9. The van der Waals surface area contributed by atoms with E-state index in [1.54, 1.807) is 0 Å². The second kappa shape index (κ2) is 10.4. The molecule has 1 aliphatic carbocycles. The maximum Gasteiger partial charge on any atom is 0.225 e. The highest BCUT2D eigenvalue weighted by atomic mass is 35.5. The van der Waals surface area contributed by atoms with Crippen molar-refractivity contribution >= 4 is 28.7 Å².